The third-order valence-electron chi connectivity index (χ3n) is 2.31. The molecule has 0 heterocycles. The molecule has 2 nitrogen and oxygen atoms in total. The van der Waals surface area contributed by atoms with Crippen LogP contribution in [0.4, 0.5) is 4.39 Å². The lowest BCUT2D eigenvalue weighted by Gasteiger charge is -2.12. The third kappa shape index (κ3) is 3.98. The average Bonchev–Trinajstić information content (AvgIpc) is 2.25. The lowest BCUT2D eigenvalue weighted by Crippen LogP contribution is -2.13. The van der Waals surface area contributed by atoms with Crippen molar-refractivity contribution in [3.63, 3.8) is 0 Å². The van der Waals surface area contributed by atoms with Crippen LogP contribution >= 0.6 is 0 Å². The topological polar surface area (TPSA) is 35.2 Å². The highest BCUT2D eigenvalue weighted by Crippen LogP contribution is 2.18. The molecular formula is C12H18FNO. The SMILES string of the molecule is CCOCCCC(N)c1ccccc1F. The minimum Gasteiger partial charge on any atom is -0.382 e. The molecule has 0 aliphatic rings. The Morgan fingerprint density at radius 3 is 2.80 bits per heavy atom. The molecule has 0 saturated carbocycles. The first-order valence-electron chi connectivity index (χ1n) is 5.33. The predicted octanol–water partition coefficient (Wildman–Crippen LogP) is 2.64. The number of hydrogen-bond acceptors (Lipinski definition) is 2. The summed E-state index contributed by atoms with van der Waals surface area (Å²) in [7, 11) is 0. The number of halogens is 1. The molecule has 0 bridgehead atoms. The molecule has 15 heavy (non-hydrogen) atoms. The Hall–Kier alpha value is -0.930. The van der Waals surface area contributed by atoms with Crippen molar-refractivity contribution in [2.75, 3.05) is 13.2 Å². The first-order valence-corrected chi connectivity index (χ1v) is 5.33. The van der Waals surface area contributed by atoms with Gasteiger partial charge in [-0.05, 0) is 25.8 Å². The summed E-state index contributed by atoms with van der Waals surface area (Å²) in [6.45, 7) is 3.37. The minimum atomic E-state index is -0.230. The molecule has 0 aliphatic carbocycles. The van der Waals surface area contributed by atoms with Gasteiger partial charge in [-0.25, -0.2) is 4.39 Å². The van der Waals surface area contributed by atoms with Crippen LogP contribution in [0.1, 0.15) is 31.4 Å². The molecule has 0 fully saturated rings. The molecule has 1 rings (SSSR count). The van der Waals surface area contributed by atoms with Gasteiger partial charge in [0.2, 0.25) is 0 Å². The molecule has 1 aromatic rings. The van der Waals surface area contributed by atoms with E-state index in [4.69, 9.17) is 10.5 Å². The van der Waals surface area contributed by atoms with Crippen molar-refractivity contribution in [2.24, 2.45) is 5.73 Å². The molecule has 0 radical (unpaired) electrons. The zero-order chi connectivity index (χ0) is 11.1. The Bertz CT molecular complexity index is 291. The number of rotatable bonds is 6. The van der Waals surface area contributed by atoms with Crippen LogP contribution in [0.5, 0.6) is 0 Å². The van der Waals surface area contributed by atoms with Gasteiger partial charge in [0.05, 0.1) is 0 Å². The van der Waals surface area contributed by atoms with E-state index in [1.807, 2.05) is 6.92 Å². The van der Waals surface area contributed by atoms with Crippen LogP contribution in [0.3, 0.4) is 0 Å². The summed E-state index contributed by atoms with van der Waals surface area (Å²) < 4.78 is 18.5. The molecule has 0 amide bonds. The first kappa shape index (κ1) is 12.1. The van der Waals surface area contributed by atoms with Gasteiger partial charge in [0, 0.05) is 24.8 Å². The van der Waals surface area contributed by atoms with Crippen LogP contribution in [0.25, 0.3) is 0 Å². The van der Waals surface area contributed by atoms with Crippen molar-refractivity contribution in [3.05, 3.63) is 35.6 Å². The maximum atomic E-state index is 13.3. The molecule has 84 valence electrons. The van der Waals surface area contributed by atoms with E-state index in [2.05, 4.69) is 0 Å². The van der Waals surface area contributed by atoms with E-state index in [1.54, 1.807) is 18.2 Å². The normalized spacial score (nSPS) is 12.7. The zero-order valence-electron chi connectivity index (χ0n) is 9.08. The molecule has 1 aromatic carbocycles. The number of nitrogens with two attached hydrogens (primary N) is 1. The summed E-state index contributed by atoms with van der Waals surface area (Å²) in [5.74, 6) is -0.221. The smallest absolute Gasteiger partial charge is 0.127 e. The van der Waals surface area contributed by atoms with E-state index in [-0.39, 0.29) is 11.9 Å². The highest BCUT2D eigenvalue weighted by atomic mass is 19.1. The highest BCUT2D eigenvalue weighted by Gasteiger charge is 2.09. The lowest BCUT2D eigenvalue weighted by atomic mass is 10.0. The molecule has 0 saturated heterocycles. The second-order valence-corrected chi connectivity index (χ2v) is 3.47. The van der Waals surface area contributed by atoms with Crippen LogP contribution < -0.4 is 5.73 Å². The Labute approximate surface area is 90.2 Å². The van der Waals surface area contributed by atoms with Crippen LogP contribution in [0.15, 0.2) is 24.3 Å². The summed E-state index contributed by atoms with van der Waals surface area (Å²) in [4.78, 5) is 0. The van der Waals surface area contributed by atoms with Crippen molar-refractivity contribution in [1.82, 2.24) is 0 Å². The van der Waals surface area contributed by atoms with Gasteiger partial charge in [-0.3, -0.25) is 0 Å². The second kappa shape index (κ2) is 6.53. The van der Waals surface area contributed by atoms with E-state index < -0.39 is 0 Å². The second-order valence-electron chi connectivity index (χ2n) is 3.47. The first-order chi connectivity index (χ1) is 7.25. The van der Waals surface area contributed by atoms with E-state index >= 15 is 0 Å². The van der Waals surface area contributed by atoms with Crippen LogP contribution in [-0.4, -0.2) is 13.2 Å². The molecule has 0 aromatic heterocycles. The molecular weight excluding hydrogens is 193 g/mol. The van der Waals surface area contributed by atoms with E-state index in [9.17, 15) is 4.39 Å². The van der Waals surface area contributed by atoms with Gasteiger partial charge in [-0.15, -0.1) is 0 Å². The maximum Gasteiger partial charge on any atom is 0.127 e. The van der Waals surface area contributed by atoms with E-state index in [1.165, 1.54) is 6.07 Å². The molecule has 0 spiro atoms. The van der Waals surface area contributed by atoms with E-state index in [0.29, 0.717) is 12.2 Å². The molecule has 2 N–H and O–H groups in total. The fourth-order valence-corrected chi connectivity index (χ4v) is 1.48. The average molecular weight is 211 g/mol. The fraction of sp³-hybridized carbons (Fsp3) is 0.500. The molecule has 3 heteroatoms. The fourth-order valence-electron chi connectivity index (χ4n) is 1.48. The molecule has 1 atom stereocenters. The van der Waals surface area contributed by atoms with Crippen LogP contribution in [0.2, 0.25) is 0 Å². The van der Waals surface area contributed by atoms with Crippen molar-refractivity contribution in [3.8, 4) is 0 Å². The Morgan fingerprint density at radius 2 is 2.13 bits per heavy atom. The minimum absolute atomic E-state index is 0.221. The quantitative estimate of drug-likeness (QED) is 0.734. The molecule has 1 unspecified atom stereocenters. The summed E-state index contributed by atoms with van der Waals surface area (Å²) in [5.41, 5.74) is 6.47. The van der Waals surface area contributed by atoms with Gasteiger partial charge in [0.15, 0.2) is 0 Å². The number of hydrogen-bond donors (Lipinski definition) is 1. The zero-order valence-corrected chi connectivity index (χ0v) is 9.08. The van der Waals surface area contributed by atoms with Crippen molar-refractivity contribution in [2.45, 2.75) is 25.8 Å². The number of benzene rings is 1. The van der Waals surface area contributed by atoms with E-state index in [0.717, 1.165) is 19.4 Å². The van der Waals surface area contributed by atoms with Gasteiger partial charge in [-0.1, -0.05) is 18.2 Å². The maximum absolute atomic E-state index is 13.3. The lowest BCUT2D eigenvalue weighted by molar-refractivity contribution is 0.142. The largest absolute Gasteiger partial charge is 0.382 e. The van der Waals surface area contributed by atoms with Gasteiger partial charge in [0.25, 0.3) is 0 Å². The summed E-state index contributed by atoms with van der Waals surface area (Å²) in [6, 6.07) is 6.43. The standard InChI is InChI=1S/C12H18FNO/c1-2-15-9-5-8-12(14)10-6-3-4-7-11(10)13/h3-4,6-7,12H,2,5,8-9,14H2,1H3. The Kier molecular flexibility index (Phi) is 5.29. The Balaban J connectivity index is 2.40. The summed E-state index contributed by atoms with van der Waals surface area (Å²) in [6.07, 6.45) is 1.62. The van der Waals surface area contributed by atoms with Gasteiger partial charge < -0.3 is 10.5 Å². The summed E-state index contributed by atoms with van der Waals surface area (Å²) in [5, 5.41) is 0. The van der Waals surface area contributed by atoms with Gasteiger partial charge in [-0.2, -0.15) is 0 Å². The van der Waals surface area contributed by atoms with Gasteiger partial charge >= 0.3 is 0 Å². The monoisotopic (exact) mass is 211 g/mol. The van der Waals surface area contributed by atoms with Crippen LogP contribution in [-0.2, 0) is 4.74 Å². The molecule has 0 aliphatic heterocycles. The third-order valence-corrected chi connectivity index (χ3v) is 2.31. The Morgan fingerprint density at radius 1 is 1.40 bits per heavy atom. The van der Waals surface area contributed by atoms with Crippen molar-refractivity contribution in [1.29, 1.82) is 0 Å². The van der Waals surface area contributed by atoms with Crippen molar-refractivity contribution >= 4 is 0 Å². The van der Waals surface area contributed by atoms with Crippen LogP contribution in [0, 0.1) is 5.82 Å². The predicted molar refractivity (Wildman–Crippen MR) is 59.1 cm³/mol. The number of ether oxygens (including phenoxy) is 1. The van der Waals surface area contributed by atoms with Gasteiger partial charge in [0.1, 0.15) is 5.82 Å². The highest BCUT2D eigenvalue weighted by molar-refractivity contribution is 5.20. The van der Waals surface area contributed by atoms with Crippen molar-refractivity contribution < 1.29 is 9.13 Å². The summed E-state index contributed by atoms with van der Waals surface area (Å²) >= 11 is 0.